The summed E-state index contributed by atoms with van der Waals surface area (Å²) in [5.41, 5.74) is 1.22. The average Bonchev–Trinajstić information content (AvgIpc) is 2.47. The summed E-state index contributed by atoms with van der Waals surface area (Å²) in [4.78, 5) is 23.6. The molecule has 0 aliphatic carbocycles. The number of nitrogens with one attached hydrogen (secondary N) is 1. The number of thioether (sulfide) groups is 1. The summed E-state index contributed by atoms with van der Waals surface area (Å²) >= 11 is 1.74. The van der Waals surface area contributed by atoms with Gasteiger partial charge in [0.05, 0.1) is 0 Å². The van der Waals surface area contributed by atoms with Gasteiger partial charge in [0, 0.05) is 6.42 Å². The maximum absolute atomic E-state index is 12.1. The van der Waals surface area contributed by atoms with Crippen LogP contribution in [0.5, 0.6) is 0 Å². The summed E-state index contributed by atoms with van der Waals surface area (Å²) in [6, 6.07) is 8.05. The van der Waals surface area contributed by atoms with E-state index in [0.717, 1.165) is 17.1 Å². The van der Waals surface area contributed by atoms with Gasteiger partial charge in [-0.15, -0.1) is 0 Å². The molecule has 1 aliphatic heterocycles. The molecule has 1 amide bonds. The van der Waals surface area contributed by atoms with Crippen molar-refractivity contribution >= 4 is 23.6 Å². The van der Waals surface area contributed by atoms with Gasteiger partial charge >= 0.3 is 5.97 Å². The Kier molecular flexibility index (Phi) is 5.28. The van der Waals surface area contributed by atoms with Crippen molar-refractivity contribution in [2.75, 3.05) is 11.5 Å². The minimum Gasteiger partial charge on any atom is -0.480 e. The van der Waals surface area contributed by atoms with E-state index in [1.165, 1.54) is 5.56 Å². The van der Waals surface area contributed by atoms with E-state index in [9.17, 15) is 14.7 Å². The monoisotopic (exact) mass is 307 g/mol. The van der Waals surface area contributed by atoms with Crippen molar-refractivity contribution in [1.29, 1.82) is 0 Å². The fourth-order valence-electron chi connectivity index (χ4n) is 2.45. The Morgan fingerprint density at radius 3 is 2.43 bits per heavy atom. The zero-order valence-corrected chi connectivity index (χ0v) is 13.0. The molecule has 2 rings (SSSR count). The van der Waals surface area contributed by atoms with Gasteiger partial charge in [-0.25, -0.2) is 4.79 Å². The number of rotatable bonds is 5. The first-order valence-electron chi connectivity index (χ1n) is 7.19. The lowest BCUT2D eigenvalue weighted by Gasteiger charge is -2.33. The SMILES string of the molecule is Cc1ccc(CCC(=O)NC2(C(=O)O)CCSCC2)cc1. The number of hydrogen-bond donors (Lipinski definition) is 2. The van der Waals surface area contributed by atoms with Gasteiger partial charge in [0.25, 0.3) is 0 Å². The quantitative estimate of drug-likeness (QED) is 0.876. The third-order valence-corrected chi connectivity index (χ3v) is 4.88. The highest BCUT2D eigenvalue weighted by molar-refractivity contribution is 7.99. The van der Waals surface area contributed by atoms with E-state index in [4.69, 9.17) is 0 Å². The molecule has 2 N–H and O–H groups in total. The number of carboxylic acids is 1. The first kappa shape index (κ1) is 15.9. The fourth-order valence-corrected chi connectivity index (χ4v) is 3.64. The van der Waals surface area contributed by atoms with E-state index in [1.54, 1.807) is 11.8 Å². The van der Waals surface area contributed by atoms with E-state index >= 15 is 0 Å². The highest BCUT2D eigenvalue weighted by Crippen LogP contribution is 2.27. The molecule has 0 bridgehead atoms. The number of aliphatic carboxylic acids is 1. The highest BCUT2D eigenvalue weighted by Gasteiger charge is 2.40. The Bertz CT molecular complexity index is 507. The van der Waals surface area contributed by atoms with Gasteiger partial charge in [-0.2, -0.15) is 11.8 Å². The number of benzene rings is 1. The van der Waals surface area contributed by atoms with Crippen molar-refractivity contribution in [1.82, 2.24) is 5.32 Å². The summed E-state index contributed by atoms with van der Waals surface area (Å²) in [6.45, 7) is 2.02. The van der Waals surface area contributed by atoms with Gasteiger partial charge in [0.2, 0.25) is 5.91 Å². The summed E-state index contributed by atoms with van der Waals surface area (Å²) in [7, 11) is 0. The normalized spacial score (nSPS) is 17.2. The zero-order chi connectivity index (χ0) is 15.3. The lowest BCUT2D eigenvalue weighted by Crippen LogP contribution is -2.56. The Hall–Kier alpha value is -1.49. The van der Waals surface area contributed by atoms with E-state index in [-0.39, 0.29) is 5.91 Å². The van der Waals surface area contributed by atoms with Crippen molar-refractivity contribution in [3.8, 4) is 0 Å². The molecule has 5 heteroatoms. The Morgan fingerprint density at radius 1 is 1.24 bits per heavy atom. The molecular weight excluding hydrogens is 286 g/mol. The van der Waals surface area contributed by atoms with E-state index in [0.29, 0.717) is 25.7 Å². The smallest absolute Gasteiger partial charge is 0.329 e. The van der Waals surface area contributed by atoms with Crippen LogP contribution in [0.3, 0.4) is 0 Å². The lowest BCUT2D eigenvalue weighted by atomic mass is 9.92. The molecule has 1 fully saturated rings. The van der Waals surface area contributed by atoms with E-state index < -0.39 is 11.5 Å². The van der Waals surface area contributed by atoms with Crippen LogP contribution in [0.2, 0.25) is 0 Å². The molecule has 1 aliphatic rings. The van der Waals surface area contributed by atoms with Gasteiger partial charge in [-0.1, -0.05) is 29.8 Å². The summed E-state index contributed by atoms with van der Waals surface area (Å²) in [5, 5.41) is 12.2. The largest absolute Gasteiger partial charge is 0.480 e. The van der Waals surface area contributed by atoms with Gasteiger partial charge in [-0.05, 0) is 43.3 Å². The first-order chi connectivity index (χ1) is 10.0. The number of amides is 1. The number of hydrogen-bond acceptors (Lipinski definition) is 3. The summed E-state index contributed by atoms with van der Waals surface area (Å²) in [6.07, 6.45) is 1.97. The second kappa shape index (κ2) is 6.98. The van der Waals surface area contributed by atoms with Gasteiger partial charge in [0.1, 0.15) is 5.54 Å². The van der Waals surface area contributed by atoms with Crippen LogP contribution in [0.4, 0.5) is 0 Å². The molecular formula is C16H21NO3S. The molecule has 0 saturated carbocycles. The van der Waals surface area contributed by atoms with Crippen molar-refractivity contribution in [2.24, 2.45) is 0 Å². The molecule has 0 atom stereocenters. The van der Waals surface area contributed by atoms with Gasteiger partial charge < -0.3 is 10.4 Å². The second-order valence-corrected chi connectivity index (χ2v) is 6.76. The molecule has 0 aromatic heterocycles. The van der Waals surface area contributed by atoms with Crippen LogP contribution in [0.25, 0.3) is 0 Å². The van der Waals surface area contributed by atoms with Crippen LogP contribution < -0.4 is 5.32 Å². The first-order valence-corrected chi connectivity index (χ1v) is 8.35. The van der Waals surface area contributed by atoms with Crippen LogP contribution in [0.1, 0.15) is 30.4 Å². The Morgan fingerprint density at radius 2 is 1.86 bits per heavy atom. The summed E-state index contributed by atoms with van der Waals surface area (Å²) in [5.74, 6) is 0.478. The van der Waals surface area contributed by atoms with Crippen molar-refractivity contribution < 1.29 is 14.7 Å². The molecule has 1 aromatic rings. The van der Waals surface area contributed by atoms with Gasteiger partial charge in [-0.3, -0.25) is 4.79 Å². The van der Waals surface area contributed by atoms with Crippen LogP contribution in [0, 0.1) is 6.92 Å². The molecule has 1 saturated heterocycles. The summed E-state index contributed by atoms with van der Waals surface area (Å²) < 4.78 is 0. The number of carboxylic acid groups (broad SMARTS) is 1. The molecule has 114 valence electrons. The van der Waals surface area contributed by atoms with Crippen LogP contribution in [-0.4, -0.2) is 34.0 Å². The van der Waals surface area contributed by atoms with Crippen LogP contribution >= 0.6 is 11.8 Å². The van der Waals surface area contributed by atoms with Crippen molar-refractivity contribution in [3.63, 3.8) is 0 Å². The van der Waals surface area contributed by atoms with Crippen LogP contribution in [-0.2, 0) is 16.0 Å². The zero-order valence-electron chi connectivity index (χ0n) is 12.2. The van der Waals surface area contributed by atoms with E-state index in [2.05, 4.69) is 5.32 Å². The van der Waals surface area contributed by atoms with Crippen molar-refractivity contribution in [2.45, 2.75) is 38.1 Å². The third-order valence-electron chi connectivity index (χ3n) is 3.90. The minimum atomic E-state index is -1.06. The second-order valence-electron chi connectivity index (χ2n) is 5.53. The highest BCUT2D eigenvalue weighted by atomic mass is 32.2. The topological polar surface area (TPSA) is 66.4 Å². The lowest BCUT2D eigenvalue weighted by molar-refractivity contribution is -0.148. The molecule has 21 heavy (non-hydrogen) atoms. The molecule has 0 spiro atoms. The Labute approximate surface area is 129 Å². The Balaban J connectivity index is 1.90. The maximum atomic E-state index is 12.1. The fraction of sp³-hybridized carbons (Fsp3) is 0.500. The molecule has 1 aromatic carbocycles. The molecule has 0 radical (unpaired) electrons. The molecule has 4 nitrogen and oxygen atoms in total. The van der Waals surface area contributed by atoms with Crippen LogP contribution in [0.15, 0.2) is 24.3 Å². The maximum Gasteiger partial charge on any atom is 0.329 e. The third kappa shape index (κ3) is 4.24. The number of aryl methyl sites for hydroxylation is 2. The van der Waals surface area contributed by atoms with Crippen molar-refractivity contribution in [3.05, 3.63) is 35.4 Å². The standard InChI is InChI=1S/C16H21NO3S/c1-12-2-4-13(5-3-12)6-7-14(18)17-16(15(19)20)8-10-21-11-9-16/h2-5H,6-11H2,1H3,(H,17,18)(H,19,20). The minimum absolute atomic E-state index is 0.176. The predicted molar refractivity (Wildman–Crippen MR) is 84.6 cm³/mol. The molecule has 1 heterocycles. The molecule has 0 unspecified atom stereocenters. The predicted octanol–water partition coefficient (Wildman–Crippen LogP) is 2.39. The number of carbonyl (C=O) groups excluding carboxylic acids is 1. The van der Waals surface area contributed by atoms with E-state index in [1.807, 2.05) is 31.2 Å². The average molecular weight is 307 g/mol. The number of carbonyl (C=O) groups is 2. The van der Waals surface area contributed by atoms with Gasteiger partial charge in [0.15, 0.2) is 0 Å².